The van der Waals surface area contributed by atoms with Crippen molar-refractivity contribution in [2.75, 3.05) is 19.8 Å². The molecule has 1 rings (SSSR count). The Labute approximate surface area is 167 Å². The van der Waals surface area contributed by atoms with Gasteiger partial charge in [0.15, 0.2) is 0 Å². The van der Waals surface area contributed by atoms with E-state index in [1.165, 1.54) is 0 Å². The Morgan fingerprint density at radius 3 is 2.43 bits per heavy atom. The zero-order valence-corrected chi connectivity index (χ0v) is 17.8. The van der Waals surface area contributed by atoms with Crippen LogP contribution < -0.4 is 10.6 Å². The number of hydrogen-bond donors (Lipinski definition) is 4. The number of hydrogen-bond acceptors (Lipinski definition) is 6. The number of unbranched alkanes of at least 4 members (excludes halogenated alkanes) is 1. The lowest BCUT2D eigenvalue weighted by Crippen LogP contribution is -2.30. The zero-order chi connectivity index (χ0) is 21.0. The molecule has 28 heavy (non-hydrogen) atoms. The van der Waals surface area contributed by atoms with Gasteiger partial charge < -0.3 is 20.6 Å². The highest BCUT2D eigenvalue weighted by Gasteiger charge is 2.33. The van der Waals surface area contributed by atoms with Crippen molar-refractivity contribution in [3.05, 3.63) is 0 Å². The average Bonchev–Trinajstić information content (AvgIpc) is 3.39. The summed E-state index contributed by atoms with van der Waals surface area (Å²) in [5, 5.41) is 15.0. The van der Waals surface area contributed by atoms with Crippen LogP contribution >= 0.6 is 7.82 Å². The highest BCUT2D eigenvalue weighted by atomic mass is 31.2. The number of carbonyl (C=O) groups excluding carboxylic acids is 2. The molecule has 0 saturated heterocycles. The number of phosphoric ester groups is 1. The predicted molar refractivity (Wildman–Crippen MR) is 104 cm³/mol. The summed E-state index contributed by atoms with van der Waals surface area (Å²) in [6.45, 7) is 4.11. The van der Waals surface area contributed by atoms with E-state index in [2.05, 4.69) is 10.6 Å². The SMILES string of the molecule is CC(C)NC(=O)CCCC(=O)NCCCCC(CO)COP(=O)(O)OC1CC1. The third-order valence-electron chi connectivity index (χ3n) is 4.16. The van der Waals surface area contributed by atoms with Gasteiger partial charge in [-0.05, 0) is 46.0 Å². The molecule has 1 fully saturated rings. The molecule has 9 nitrogen and oxygen atoms in total. The van der Waals surface area contributed by atoms with Crippen molar-refractivity contribution in [3.8, 4) is 0 Å². The van der Waals surface area contributed by atoms with E-state index >= 15 is 0 Å². The molecule has 0 aliphatic heterocycles. The average molecular weight is 422 g/mol. The minimum absolute atomic E-state index is 0.0399. The molecule has 164 valence electrons. The maximum atomic E-state index is 11.7. The first-order valence-electron chi connectivity index (χ1n) is 10.0. The summed E-state index contributed by atoms with van der Waals surface area (Å²) < 4.78 is 21.5. The predicted octanol–water partition coefficient (Wildman–Crippen LogP) is 1.87. The highest BCUT2D eigenvalue weighted by Crippen LogP contribution is 2.49. The van der Waals surface area contributed by atoms with Gasteiger partial charge >= 0.3 is 7.82 Å². The third kappa shape index (κ3) is 13.2. The molecule has 2 atom stereocenters. The summed E-state index contributed by atoms with van der Waals surface area (Å²) >= 11 is 0. The molecule has 0 aromatic carbocycles. The summed E-state index contributed by atoms with van der Waals surface area (Å²) in [6, 6.07) is 0.101. The summed E-state index contributed by atoms with van der Waals surface area (Å²) in [5.74, 6) is -0.383. The van der Waals surface area contributed by atoms with Gasteiger partial charge in [0, 0.05) is 38.0 Å². The lowest BCUT2D eigenvalue weighted by Gasteiger charge is -2.17. The van der Waals surface area contributed by atoms with Crippen molar-refractivity contribution in [1.82, 2.24) is 10.6 Å². The minimum Gasteiger partial charge on any atom is -0.396 e. The van der Waals surface area contributed by atoms with Crippen molar-refractivity contribution in [2.24, 2.45) is 5.92 Å². The molecule has 4 N–H and O–H groups in total. The Kier molecular flexibility index (Phi) is 11.9. The lowest BCUT2D eigenvalue weighted by atomic mass is 10.0. The summed E-state index contributed by atoms with van der Waals surface area (Å²) in [5.41, 5.74) is 0. The van der Waals surface area contributed by atoms with Crippen LogP contribution in [0, 0.1) is 5.92 Å². The van der Waals surface area contributed by atoms with Crippen LogP contribution in [0.25, 0.3) is 0 Å². The fraction of sp³-hybridized carbons (Fsp3) is 0.889. The third-order valence-corrected chi connectivity index (χ3v) is 5.20. The van der Waals surface area contributed by atoms with E-state index in [4.69, 9.17) is 9.05 Å². The van der Waals surface area contributed by atoms with E-state index in [0.717, 1.165) is 25.7 Å². The molecule has 0 aromatic heterocycles. The van der Waals surface area contributed by atoms with E-state index < -0.39 is 7.82 Å². The highest BCUT2D eigenvalue weighted by molar-refractivity contribution is 7.47. The summed E-state index contributed by atoms with van der Waals surface area (Å²) in [7, 11) is -4.03. The van der Waals surface area contributed by atoms with Crippen molar-refractivity contribution in [1.29, 1.82) is 0 Å². The van der Waals surface area contributed by atoms with Gasteiger partial charge in [-0.15, -0.1) is 0 Å². The number of aliphatic hydroxyl groups excluding tert-OH is 1. The minimum atomic E-state index is -4.03. The first-order valence-corrected chi connectivity index (χ1v) is 11.5. The van der Waals surface area contributed by atoms with Gasteiger partial charge in [-0.3, -0.25) is 18.6 Å². The lowest BCUT2D eigenvalue weighted by molar-refractivity contribution is -0.122. The standard InChI is InChI=1S/C18H35N2O7P/c1-14(2)20-18(23)8-5-7-17(22)19-11-4-3-6-15(12-21)13-26-28(24,25)27-16-9-10-16/h14-16,21H,3-13H2,1-2H3,(H,19,22)(H,20,23)(H,24,25). The molecule has 2 unspecified atom stereocenters. The normalized spacial score (nSPS) is 17.2. The molecule has 0 heterocycles. The molecule has 2 amide bonds. The molecule has 0 aromatic rings. The van der Waals surface area contributed by atoms with E-state index in [-0.39, 0.29) is 43.1 Å². The molecule has 0 spiro atoms. The van der Waals surface area contributed by atoms with Crippen LogP contribution in [0.3, 0.4) is 0 Å². The maximum absolute atomic E-state index is 11.7. The maximum Gasteiger partial charge on any atom is 0.472 e. The number of amides is 2. The fourth-order valence-corrected chi connectivity index (χ4v) is 3.54. The topological polar surface area (TPSA) is 134 Å². The summed E-state index contributed by atoms with van der Waals surface area (Å²) in [4.78, 5) is 32.8. The first kappa shape index (κ1) is 25.0. The quantitative estimate of drug-likeness (QED) is 0.220. The van der Waals surface area contributed by atoms with Gasteiger partial charge in [0.1, 0.15) is 0 Å². The first-order chi connectivity index (χ1) is 13.2. The Hall–Kier alpha value is -0.990. The van der Waals surface area contributed by atoms with Crippen LogP contribution in [0.4, 0.5) is 0 Å². The van der Waals surface area contributed by atoms with Crippen molar-refractivity contribution < 1.29 is 33.2 Å². The molecule has 1 aliphatic carbocycles. The number of phosphoric acid groups is 1. The van der Waals surface area contributed by atoms with Gasteiger partial charge in [0.2, 0.25) is 11.8 Å². The molecule has 1 saturated carbocycles. The molecular formula is C18H35N2O7P. The van der Waals surface area contributed by atoms with Gasteiger partial charge in [-0.2, -0.15) is 0 Å². The molecule has 0 radical (unpaired) electrons. The largest absolute Gasteiger partial charge is 0.472 e. The number of aliphatic hydroxyl groups is 1. The van der Waals surface area contributed by atoms with Crippen molar-refractivity contribution in [3.63, 3.8) is 0 Å². The smallest absolute Gasteiger partial charge is 0.396 e. The molecular weight excluding hydrogens is 387 g/mol. The van der Waals surface area contributed by atoms with Crippen LogP contribution in [0.1, 0.15) is 65.2 Å². The van der Waals surface area contributed by atoms with Crippen LogP contribution in [0.2, 0.25) is 0 Å². The van der Waals surface area contributed by atoms with Crippen LogP contribution in [0.15, 0.2) is 0 Å². The van der Waals surface area contributed by atoms with Gasteiger partial charge in [-0.25, -0.2) is 4.57 Å². The second-order valence-corrected chi connectivity index (χ2v) is 8.95. The molecule has 10 heteroatoms. The molecule has 1 aliphatic rings. The van der Waals surface area contributed by atoms with E-state index in [9.17, 15) is 24.2 Å². The Bertz CT molecular complexity index is 526. The van der Waals surface area contributed by atoms with Crippen LogP contribution in [-0.4, -0.2) is 53.7 Å². The van der Waals surface area contributed by atoms with Gasteiger partial charge in [0.05, 0.1) is 12.7 Å². The Morgan fingerprint density at radius 1 is 1.14 bits per heavy atom. The van der Waals surface area contributed by atoms with E-state index in [0.29, 0.717) is 32.2 Å². The van der Waals surface area contributed by atoms with Gasteiger partial charge in [0.25, 0.3) is 0 Å². The van der Waals surface area contributed by atoms with Crippen molar-refractivity contribution >= 4 is 19.6 Å². The fourth-order valence-electron chi connectivity index (χ4n) is 2.50. The number of carbonyl (C=O) groups is 2. The summed E-state index contributed by atoms with van der Waals surface area (Å²) in [6.07, 6.45) is 4.60. The Balaban J connectivity index is 2.04. The monoisotopic (exact) mass is 422 g/mol. The second kappa shape index (κ2) is 13.3. The second-order valence-electron chi connectivity index (χ2n) is 7.54. The zero-order valence-electron chi connectivity index (χ0n) is 16.9. The van der Waals surface area contributed by atoms with Gasteiger partial charge in [-0.1, -0.05) is 6.42 Å². The van der Waals surface area contributed by atoms with Crippen molar-refractivity contribution in [2.45, 2.75) is 77.4 Å². The van der Waals surface area contributed by atoms with Crippen LogP contribution in [-0.2, 0) is 23.2 Å². The van der Waals surface area contributed by atoms with E-state index in [1.54, 1.807) is 0 Å². The van der Waals surface area contributed by atoms with E-state index in [1.807, 2.05) is 13.8 Å². The number of nitrogens with one attached hydrogen (secondary N) is 2. The van der Waals surface area contributed by atoms with Crippen LogP contribution in [0.5, 0.6) is 0 Å². The Morgan fingerprint density at radius 2 is 1.82 bits per heavy atom. The number of rotatable bonds is 16. The molecule has 0 bridgehead atoms.